The first kappa shape index (κ1) is 15.6. The Morgan fingerprint density at radius 1 is 0.958 bits per heavy atom. The maximum Gasteiger partial charge on any atom is 0.340 e. The highest BCUT2D eigenvalue weighted by molar-refractivity contribution is 7.87. The van der Waals surface area contributed by atoms with Gasteiger partial charge in [0.05, 0.1) is 4.88 Å². The average Bonchev–Trinajstić information content (AvgIpc) is 3.19. The Balaban J connectivity index is 2.15. The second-order valence-corrected chi connectivity index (χ2v) is 9.03. The van der Waals surface area contributed by atoms with Crippen molar-refractivity contribution >= 4 is 44.1 Å². The van der Waals surface area contributed by atoms with E-state index in [0.29, 0.717) is 11.3 Å². The Hall–Kier alpha value is -1.89. The molecule has 24 heavy (non-hydrogen) atoms. The van der Waals surface area contributed by atoms with Crippen LogP contribution in [0.4, 0.5) is 0 Å². The van der Waals surface area contributed by atoms with Gasteiger partial charge in [-0.15, -0.1) is 22.7 Å². The summed E-state index contributed by atoms with van der Waals surface area (Å²) >= 11 is 3.05. The summed E-state index contributed by atoms with van der Waals surface area (Å²) in [5, 5.41) is 3.90. The molecule has 1 aromatic carbocycles. The minimum atomic E-state index is -3.84. The monoisotopic (exact) mass is 374 g/mol. The van der Waals surface area contributed by atoms with Gasteiger partial charge in [0.2, 0.25) is 0 Å². The predicted octanol–water partition coefficient (Wildman–Crippen LogP) is 5.06. The number of aryl methyl sites for hydroxylation is 2. The number of thiophene rings is 2. The van der Waals surface area contributed by atoms with Gasteiger partial charge in [-0.25, -0.2) is 0 Å². The fourth-order valence-corrected chi connectivity index (χ4v) is 5.93. The molecular formula is C18H14O3S3. The van der Waals surface area contributed by atoms with Gasteiger partial charge in [0, 0.05) is 16.0 Å². The Morgan fingerprint density at radius 2 is 1.62 bits per heavy atom. The molecule has 0 atom stereocenters. The molecule has 0 bridgehead atoms. The van der Waals surface area contributed by atoms with Crippen molar-refractivity contribution < 1.29 is 12.6 Å². The van der Waals surface area contributed by atoms with Crippen molar-refractivity contribution in [3.05, 3.63) is 73.6 Å². The summed E-state index contributed by atoms with van der Waals surface area (Å²) in [6, 6.07) is 11.6. The zero-order valence-electron chi connectivity index (χ0n) is 13.1. The second kappa shape index (κ2) is 5.58. The normalized spacial score (nSPS) is 15.9. The summed E-state index contributed by atoms with van der Waals surface area (Å²) in [5.74, 6) is 0.421. The first-order valence-electron chi connectivity index (χ1n) is 7.35. The second-order valence-electron chi connectivity index (χ2n) is 5.65. The minimum Gasteiger partial charge on any atom is -0.377 e. The lowest BCUT2D eigenvalue weighted by Gasteiger charge is -2.24. The largest absolute Gasteiger partial charge is 0.377 e. The maximum atomic E-state index is 12.8. The first-order chi connectivity index (χ1) is 11.5. The molecule has 0 radical (unpaired) electrons. The number of benzene rings is 1. The fourth-order valence-electron chi connectivity index (χ4n) is 3.02. The third kappa shape index (κ3) is 2.42. The van der Waals surface area contributed by atoms with Gasteiger partial charge in [0.1, 0.15) is 4.90 Å². The molecule has 3 heterocycles. The topological polar surface area (TPSA) is 43.4 Å². The molecule has 0 N–H and O–H groups in total. The molecule has 0 fully saturated rings. The minimum absolute atomic E-state index is 0.275. The highest BCUT2D eigenvalue weighted by Gasteiger charge is 2.35. The summed E-state index contributed by atoms with van der Waals surface area (Å²) in [7, 11) is -3.84. The van der Waals surface area contributed by atoms with Crippen LogP contribution in [-0.2, 0) is 14.3 Å². The molecule has 3 aromatic rings. The van der Waals surface area contributed by atoms with E-state index in [9.17, 15) is 8.42 Å². The first-order valence-corrected chi connectivity index (χ1v) is 10.5. The van der Waals surface area contributed by atoms with Gasteiger partial charge in [-0.3, -0.25) is 0 Å². The third-order valence-electron chi connectivity index (χ3n) is 3.87. The van der Waals surface area contributed by atoms with E-state index in [0.717, 1.165) is 26.5 Å². The Labute approximate surface area is 149 Å². The molecule has 0 saturated carbocycles. The van der Waals surface area contributed by atoms with E-state index in [2.05, 4.69) is 0 Å². The maximum absolute atomic E-state index is 12.8. The van der Waals surface area contributed by atoms with E-state index in [1.54, 1.807) is 11.3 Å². The standard InChI is InChI=1S/C18H14O3S3/c1-11-9-12(2)18-13(10-11)16(14-5-3-7-22-14)17(21-24(18,19)20)15-6-4-8-23-15/h3-10H,1-2H3. The van der Waals surface area contributed by atoms with Crippen LogP contribution in [0.3, 0.4) is 0 Å². The van der Waals surface area contributed by atoms with Crippen LogP contribution >= 0.6 is 22.7 Å². The molecule has 2 aromatic heterocycles. The third-order valence-corrected chi connectivity index (χ3v) is 7.05. The Kier molecular flexibility index (Phi) is 3.63. The van der Waals surface area contributed by atoms with Gasteiger partial charge >= 0.3 is 10.1 Å². The van der Waals surface area contributed by atoms with Crippen LogP contribution in [0, 0.1) is 13.8 Å². The Bertz CT molecular complexity index is 1040. The highest BCUT2D eigenvalue weighted by Crippen LogP contribution is 2.45. The number of fused-ring (bicyclic) bond motifs is 1. The smallest absolute Gasteiger partial charge is 0.340 e. The summed E-state index contributed by atoms with van der Waals surface area (Å²) in [6.07, 6.45) is 0. The van der Waals surface area contributed by atoms with Crippen molar-refractivity contribution in [3.63, 3.8) is 0 Å². The van der Waals surface area contributed by atoms with Gasteiger partial charge in [0.25, 0.3) is 0 Å². The number of rotatable bonds is 2. The lowest BCUT2D eigenvalue weighted by Crippen LogP contribution is -2.16. The van der Waals surface area contributed by atoms with E-state index in [-0.39, 0.29) is 4.90 Å². The van der Waals surface area contributed by atoms with Crippen molar-refractivity contribution in [1.29, 1.82) is 0 Å². The molecule has 6 heteroatoms. The van der Waals surface area contributed by atoms with Crippen molar-refractivity contribution in [3.8, 4) is 0 Å². The van der Waals surface area contributed by atoms with Crippen molar-refractivity contribution in [2.24, 2.45) is 0 Å². The number of hydrogen-bond donors (Lipinski definition) is 0. The van der Waals surface area contributed by atoms with Crippen molar-refractivity contribution in [2.75, 3.05) is 0 Å². The van der Waals surface area contributed by atoms with Crippen molar-refractivity contribution in [1.82, 2.24) is 0 Å². The van der Waals surface area contributed by atoms with Crippen LogP contribution in [0.5, 0.6) is 0 Å². The molecule has 1 aliphatic rings. The molecule has 0 saturated heterocycles. The lowest BCUT2D eigenvalue weighted by atomic mass is 9.97. The zero-order valence-corrected chi connectivity index (χ0v) is 15.5. The zero-order chi connectivity index (χ0) is 16.9. The quantitative estimate of drug-likeness (QED) is 0.589. The Morgan fingerprint density at radius 3 is 2.25 bits per heavy atom. The van der Waals surface area contributed by atoms with Gasteiger partial charge < -0.3 is 4.18 Å². The van der Waals surface area contributed by atoms with Crippen LogP contribution in [-0.4, -0.2) is 8.42 Å². The molecule has 3 nitrogen and oxygen atoms in total. The lowest BCUT2D eigenvalue weighted by molar-refractivity contribution is 0.461. The summed E-state index contributed by atoms with van der Waals surface area (Å²) in [5.41, 5.74) is 3.32. The van der Waals surface area contributed by atoms with Gasteiger partial charge in [-0.1, -0.05) is 23.8 Å². The van der Waals surface area contributed by atoms with E-state index in [1.807, 2.05) is 61.0 Å². The molecule has 1 aliphatic heterocycles. The molecule has 4 rings (SSSR count). The van der Waals surface area contributed by atoms with Crippen LogP contribution in [0.1, 0.15) is 26.4 Å². The molecular weight excluding hydrogens is 360 g/mol. The van der Waals surface area contributed by atoms with E-state index >= 15 is 0 Å². The summed E-state index contributed by atoms with van der Waals surface area (Å²) in [6.45, 7) is 3.79. The molecule has 0 spiro atoms. The highest BCUT2D eigenvalue weighted by atomic mass is 32.2. The molecule has 0 amide bonds. The van der Waals surface area contributed by atoms with Crippen LogP contribution in [0.2, 0.25) is 0 Å². The van der Waals surface area contributed by atoms with Crippen molar-refractivity contribution in [2.45, 2.75) is 18.7 Å². The van der Waals surface area contributed by atoms with E-state index < -0.39 is 10.1 Å². The number of hydrogen-bond acceptors (Lipinski definition) is 5. The molecule has 0 unspecified atom stereocenters. The van der Waals surface area contributed by atoms with Crippen LogP contribution < -0.4 is 0 Å². The average molecular weight is 375 g/mol. The van der Waals surface area contributed by atoms with Crippen LogP contribution in [0.25, 0.3) is 11.3 Å². The van der Waals surface area contributed by atoms with E-state index in [4.69, 9.17) is 4.18 Å². The van der Waals surface area contributed by atoms with Gasteiger partial charge in [-0.2, -0.15) is 8.42 Å². The molecule has 122 valence electrons. The SMILES string of the molecule is Cc1cc(C)c2c(c1)C(c1cccs1)=C(c1cccs1)OS2(=O)=O. The van der Waals surface area contributed by atoms with E-state index in [1.165, 1.54) is 11.3 Å². The summed E-state index contributed by atoms with van der Waals surface area (Å²) in [4.78, 5) is 2.09. The summed E-state index contributed by atoms with van der Waals surface area (Å²) < 4.78 is 31.1. The molecule has 0 aliphatic carbocycles. The predicted molar refractivity (Wildman–Crippen MR) is 98.7 cm³/mol. The van der Waals surface area contributed by atoms with Crippen LogP contribution in [0.15, 0.2) is 52.1 Å². The van der Waals surface area contributed by atoms with Gasteiger partial charge in [0.15, 0.2) is 5.76 Å². The van der Waals surface area contributed by atoms with Gasteiger partial charge in [-0.05, 0) is 48.4 Å². The fraction of sp³-hybridized carbons (Fsp3) is 0.111.